The smallest absolute Gasteiger partial charge is 0.121 e. The molecule has 1 aromatic heterocycles. The van der Waals surface area contributed by atoms with Gasteiger partial charge in [0.05, 0.1) is 6.04 Å². The van der Waals surface area contributed by atoms with Crippen molar-refractivity contribution in [3.05, 3.63) is 23.7 Å². The molecular weight excluding hydrogens is 224 g/mol. The summed E-state index contributed by atoms with van der Waals surface area (Å²) in [5.41, 5.74) is 0. The first-order valence-electron chi connectivity index (χ1n) is 7.04. The number of nitrogens with zero attached hydrogens (tertiary/aromatic N) is 1. The van der Waals surface area contributed by atoms with E-state index in [1.54, 1.807) is 0 Å². The van der Waals surface area contributed by atoms with E-state index in [2.05, 4.69) is 50.0 Å². The molecule has 0 aliphatic carbocycles. The normalized spacial score (nSPS) is 27.7. The maximum absolute atomic E-state index is 5.80. The molecular formula is C15H26N2O. The molecule has 1 aliphatic rings. The Morgan fingerprint density at radius 1 is 1.33 bits per heavy atom. The van der Waals surface area contributed by atoms with Crippen LogP contribution in [0.25, 0.3) is 0 Å². The van der Waals surface area contributed by atoms with Crippen LogP contribution in [0.5, 0.6) is 0 Å². The molecule has 1 aliphatic heterocycles. The molecule has 1 N–H and O–H groups in total. The monoisotopic (exact) mass is 250 g/mol. The molecule has 1 fully saturated rings. The number of piperazine rings is 1. The Morgan fingerprint density at radius 2 is 2.06 bits per heavy atom. The molecule has 3 heteroatoms. The predicted octanol–water partition coefficient (Wildman–Crippen LogP) is 2.97. The highest BCUT2D eigenvalue weighted by molar-refractivity contribution is 5.10. The van der Waals surface area contributed by atoms with Gasteiger partial charge < -0.3 is 9.73 Å². The summed E-state index contributed by atoms with van der Waals surface area (Å²) in [6, 6.07) is 5.67. The second-order valence-electron chi connectivity index (χ2n) is 5.94. The highest BCUT2D eigenvalue weighted by Crippen LogP contribution is 2.28. The van der Waals surface area contributed by atoms with E-state index < -0.39 is 0 Å². The minimum Gasteiger partial charge on any atom is -0.465 e. The highest BCUT2D eigenvalue weighted by Gasteiger charge is 2.32. The summed E-state index contributed by atoms with van der Waals surface area (Å²) >= 11 is 0. The van der Waals surface area contributed by atoms with Crippen molar-refractivity contribution in [2.24, 2.45) is 5.92 Å². The Hall–Kier alpha value is -0.800. The number of rotatable bonds is 3. The van der Waals surface area contributed by atoms with Crippen molar-refractivity contribution in [3.63, 3.8) is 0 Å². The number of furan rings is 1. The molecule has 0 amide bonds. The lowest BCUT2D eigenvalue weighted by Gasteiger charge is -2.44. The minimum atomic E-state index is 0.357. The molecule has 0 saturated carbocycles. The van der Waals surface area contributed by atoms with Crippen LogP contribution >= 0.6 is 0 Å². The van der Waals surface area contributed by atoms with Gasteiger partial charge in [-0.25, -0.2) is 0 Å². The summed E-state index contributed by atoms with van der Waals surface area (Å²) in [5, 5.41) is 3.58. The van der Waals surface area contributed by atoms with E-state index in [9.17, 15) is 0 Å². The molecule has 1 aromatic rings. The second-order valence-corrected chi connectivity index (χ2v) is 5.94. The van der Waals surface area contributed by atoms with E-state index in [4.69, 9.17) is 4.42 Å². The molecule has 1 saturated heterocycles. The topological polar surface area (TPSA) is 28.4 Å². The molecule has 2 heterocycles. The average Bonchev–Trinajstić information content (AvgIpc) is 2.74. The second kappa shape index (κ2) is 5.45. The fraction of sp³-hybridized carbons (Fsp3) is 0.733. The molecule has 3 nitrogen and oxygen atoms in total. The zero-order valence-corrected chi connectivity index (χ0v) is 12.2. The van der Waals surface area contributed by atoms with Gasteiger partial charge in [-0.3, -0.25) is 4.90 Å². The summed E-state index contributed by atoms with van der Waals surface area (Å²) in [4.78, 5) is 2.59. The van der Waals surface area contributed by atoms with Crippen molar-refractivity contribution < 1.29 is 4.42 Å². The first-order chi connectivity index (χ1) is 8.49. The van der Waals surface area contributed by atoms with Crippen LogP contribution in [0.15, 0.2) is 16.5 Å². The first kappa shape index (κ1) is 13.6. The Morgan fingerprint density at radius 3 is 2.61 bits per heavy atom. The molecule has 0 bridgehead atoms. The van der Waals surface area contributed by atoms with Crippen LogP contribution in [0.2, 0.25) is 0 Å². The van der Waals surface area contributed by atoms with Crippen LogP contribution in [0.3, 0.4) is 0 Å². The molecule has 0 aromatic carbocycles. The summed E-state index contributed by atoms with van der Waals surface area (Å²) in [6.45, 7) is 13.3. The fourth-order valence-corrected chi connectivity index (χ4v) is 2.86. The summed E-state index contributed by atoms with van der Waals surface area (Å²) in [7, 11) is 0. The van der Waals surface area contributed by atoms with Crippen molar-refractivity contribution in [1.82, 2.24) is 10.2 Å². The molecule has 102 valence electrons. The Kier molecular flexibility index (Phi) is 4.13. The van der Waals surface area contributed by atoms with Gasteiger partial charge in [-0.05, 0) is 38.8 Å². The van der Waals surface area contributed by atoms with Gasteiger partial charge in [0.2, 0.25) is 0 Å². The third-order valence-corrected chi connectivity index (χ3v) is 4.03. The van der Waals surface area contributed by atoms with E-state index in [0.717, 1.165) is 24.6 Å². The Balaban J connectivity index is 2.16. The van der Waals surface area contributed by atoms with Crippen LogP contribution in [0.1, 0.15) is 45.3 Å². The van der Waals surface area contributed by atoms with E-state index in [1.807, 2.05) is 6.92 Å². The first-order valence-corrected chi connectivity index (χ1v) is 7.04. The molecule has 3 unspecified atom stereocenters. The van der Waals surface area contributed by atoms with Crippen molar-refractivity contribution in [2.45, 2.75) is 52.7 Å². The van der Waals surface area contributed by atoms with E-state index in [0.29, 0.717) is 24.0 Å². The summed E-state index contributed by atoms with van der Waals surface area (Å²) in [5.74, 6) is 2.75. The van der Waals surface area contributed by atoms with Gasteiger partial charge in [-0.2, -0.15) is 0 Å². The van der Waals surface area contributed by atoms with Gasteiger partial charge in [0.25, 0.3) is 0 Å². The molecule has 0 radical (unpaired) electrons. The third kappa shape index (κ3) is 2.78. The van der Waals surface area contributed by atoms with Gasteiger partial charge in [0.15, 0.2) is 0 Å². The summed E-state index contributed by atoms with van der Waals surface area (Å²) < 4.78 is 5.80. The van der Waals surface area contributed by atoms with Crippen LogP contribution in [-0.4, -0.2) is 30.1 Å². The van der Waals surface area contributed by atoms with Gasteiger partial charge in [-0.1, -0.05) is 13.8 Å². The van der Waals surface area contributed by atoms with Crippen LogP contribution in [-0.2, 0) is 0 Å². The standard InChI is InChI=1S/C15H26N2O/c1-10(2)14-8-16-11(3)9-17(14)13(5)15-7-6-12(4)18-15/h6-7,10-11,13-14,16H,8-9H2,1-5H3. The Bertz CT molecular complexity index is 386. The number of hydrogen-bond donors (Lipinski definition) is 1. The SMILES string of the molecule is Cc1ccc(C(C)N2CC(C)NCC2C(C)C)o1. The lowest BCUT2D eigenvalue weighted by atomic mass is 9.96. The largest absolute Gasteiger partial charge is 0.465 e. The van der Waals surface area contributed by atoms with Crippen molar-refractivity contribution in [2.75, 3.05) is 13.1 Å². The van der Waals surface area contributed by atoms with Crippen LogP contribution in [0, 0.1) is 12.8 Å². The van der Waals surface area contributed by atoms with Crippen molar-refractivity contribution >= 4 is 0 Å². The Labute approximate surface area is 111 Å². The maximum Gasteiger partial charge on any atom is 0.121 e. The lowest BCUT2D eigenvalue weighted by molar-refractivity contribution is 0.0565. The minimum absolute atomic E-state index is 0.357. The van der Waals surface area contributed by atoms with Gasteiger partial charge in [0, 0.05) is 25.2 Å². The molecule has 3 atom stereocenters. The van der Waals surface area contributed by atoms with E-state index >= 15 is 0 Å². The van der Waals surface area contributed by atoms with Gasteiger partial charge >= 0.3 is 0 Å². The van der Waals surface area contributed by atoms with Gasteiger partial charge in [-0.15, -0.1) is 0 Å². The third-order valence-electron chi connectivity index (χ3n) is 4.03. The number of hydrogen-bond acceptors (Lipinski definition) is 3. The molecule has 18 heavy (non-hydrogen) atoms. The quantitative estimate of drug-likeness (QED) is 0.894. The average molecular weight is 250 g/mol. The number of aryl methyl sites for hydroxylation is 1. The predicted molar refractivity (Wildman–Crippen MR) is 74.7 cm³/mol. The zero-order chi connectivity index (χ0) is 13.3. The summed E-state index contributed by atoms with van der Waals surface area (Å²) in [6.07, 6.45) is 0. The van der Waals surface area contributed by atoms with E-state index in [-0.39, 0.29) is 0 Å². The van der Waals surface area contributed by atoms with Crippen LogP contribution in [0.4, 0.5) is 0 Å². The van der Waals surface area contributed by atoms with E-state index in [1.165, 1.54) is 0 Å². The van der Waals surface area contributed by atoms with Crippen molar-refractivity contribution in [1.29, 1.82) is 0 Å². The van der Waals surface area contributed by atoms with Gasteiger partial charge in [0.1, 0.15) is 11.5 Å². The maximum atomic E-state index is 5.80. The van der Waals surface area contributed by atoms with Crippen LogP contribution < -0.4 is 5.32 Å². The highest BCUT2D eigenvalue weighted by atomic mass is 16.3. The molecule has 2 rings (SSSR count). The zero-order valence-electron chi connectivity index (χ0n) is 12.2. The lowest BCUT2D eigenvalue weighted by Crippen LogP contribution is -2.57. The fourth-order valence-electron chi connectivity index (χ4n) is 2.86. The number of nitrogens with one attached hydrogen (secondary N) is 1. The molecule has 0 spiro atoms. The van der Waals surface area contributed by atoms with Crippen molar-refractivity contribution in [3.8, 4) is 0 Å².